The van der Waals surface area contributed by atoms with Gasteiger partial charge in [-0.1, -0.05) is 26.0 Å². The van der Waals surface area contributed by atoms with Crippen LogP contribution in [0.25, 0.3) is 11.4 Å². The molecule has 3 N–H and O–H groups in total. The van der Waals surface area contributed by atoms with E-state index in [1.807, 2.05) is 48.9 Å². The van der Waals surface area contributed by atoms with Gasteiger partial charge in [-0.3, -0.25) is 19.2 Å². The first-order valence-corrected chi connectivity index (χ1v) is 13.0. The van der Waals surface area contributed by atoms with Crippen molar-refractivity contribution in [2.45, 2.75) is 39.3 Å². The van der Waals surface area contributed by atoms with Gasteiger partial charge in [0.2, 0.25) is 11.8 Å². The molecular formula is C27H33N7O5. The Hall–Kier alpha value is -4.48. The fourth-order valence-corrected chi connectivity index (χ4v) is 4.33. The Morgan fingerprint density at radius 3 is 2.79 bits per heavy atom. The topological polar surface area (TPSA) is 151 Å². The minimum atomic E-state index is -0.762. The molecule has 39 heavy (non-hydrogen) atoms. The molecule has 0 fully saturated rings. The normalized spacial score (nSPS) is 17.3. The number of carbonyl (C=O) groups is 3. The Kier molecular flexibility index (Phi) is 9.08. The van der Waals surface area contributed by atoms with Crippen LogP contribution in [0.5, 0.6) is 5.75 Å². The summed E-state index contributed by atoms with van der Waals surface area (Å²) in [5, 5.41) is 5.71. The number of hydrogen-bond acceptors (Lipinski definition) is 7. The molecule has 0 aliphatic carbocycles. The number of rotatable bonds is 3. The number of amides is 3. The van der Waals surface area contributed by atoms with Gasteiger partial charge in [-0.05, 0) is 30.9 Å². The molecule has 1 atom stereocenters. The van der Waals surface area contributed by atoms with E-state index in [0.29, 0.717) is 38.3 Å². The lowest BCUT2D eigenvalue weighted by Gasteiger charge is -2.25. The molecule has 12 heteroatoms. The van der Waals surface area contributed by atoms with Gasteiger partial charge in [-0.25, -0.2) is 9.97 Å². The van der Waals surface area contributed by atoms with E-state index in [1.54, 1.807) is 6.20 Å². The average molecular weight is 536 g/mol. The Morgan fingerprint density at radius 2 is 2.03 bits per heavy atom. The number of aromatic amines is 1. The molecule has 2 aromatic heterocycles. The van der Waals surface area contributed by atoms with Crippen molar-refractivity contribution in [2.75, 3.05) is 26.2 Å². The van der Waals surface area contributed by atoms with Crippen LogP contribution in [-0.2, 0) is 16.1 Å². The molecule has 1 aliphatic heterocycles. The second-order valence-electron chi connectivity index (χ2n) is 9.74. The highest BCUT2D eigenvalue weighted by Crippen LogP contribution is 2.23. The van der Waals surface area contributed by atoms with Crippen molar-refractivity contribution >= 4 is 17.7 Å². The molecule has 4 rings (SSSR count). The van der Waals surface area contributed by atoms with Gasteiger partial charge in [0, 0.05) is 43.8 Å². The monoisotopic (exact) mass is 535 g/mol. The minimum Gasteiger partial charge on any atom is -0.494 e. The van der Waals surface area contributed by atoms with Crippen LogP contribution in [0.2, 0.25) is 0 Å². The number of hydrogen-bond donors (Lipinski definition) is 3. The molecule has 0 spiro atoms. The Labute approximate surface area is 225 Å². The predicted octanol–water partition coefficient (Wildman–Crippen LogP) is 1.21. The number of ether oxygens (including phenoxy) is 1. The fraction of sp³-hybridized carbons (Fsp3) is 0.407. The number of carbonyl (C=O) groups excluding carboxylic acids is 3. The van der Waals surface area contributed by atoms with Gasteiger partial charge in [-0.2, -0.15) is 0 Å². The number of aromatic nitrogens is 4. The summed E-state index contributed by atoms with van der Waals surface area (Å²) in [5.41, 5.74) is 0.436. The highest BCUT2D eigenvalue weighted by molar-refractivity contribution is 5.95. The summed E-state index contributed by atoms with van der Waals surface area (Å²) >= 11 is 0. The van der Waals surface area contributed by atoms with Crippen LogP contribution in [-0.4, -0.2) is 74.4 Å². The molecule has 0 unspecified atom stereocenters. The van der Waals surface area contributed by atoms with E-state index < -0.39 is 23.4 Å². The summed E-state index contributed by atoms with van der Waals surface area (Å²) in [6.07, 6.45) is 6.65. The molecule has 0 saturated carbocycles. The van der Waals surface area contributed by atoms with E-state index in [9.17, 15) is 19.2 Å². The zero-order chi connectivity index (χ0) is 27.8. The van der Waals surface area contributed by atoms with E-state index in [-0.39, 0.29) is 30.6 Å². The lowest BCUT2D eigenvalue weighted by atomic mass is 10.0. The van der Waals surface area contributed by atoms with E-state index >= 15 is 0 Å². The summed E-state index contributed by atoms with van der Waals surface area (Å²) < 4.78 is 7.89. The number of nitrogens with zero attached hydrogens (tertiary/aromatic N) is 4. The highest BCUT2D eigenvalue weighted by atomic mass is 16.5. The van der Waals surface area contributed by atoms with Crippen LogP contribution in [0.15, 0.2) is 53.8 Å². The van der Waals surface area contributed by atoms with Crippen LogP contribution >= 0.6 is 0 Å². The van der Waals surface area contributed by atoms with Crippen LogP contribution in [0, 0.1) is 5.92 Å². The van der Waals surface area contributed by atoms with Crippen LogP contribution in [0.1, 0.15) is 37.2 Å². The first kappa shape index (κ1) is 27.6. The molecule has 3 heterocycles. The second-order valence-corrected chi connectivity index (χ2v) is 9.74. The largest absolute Gasteiger partial charge is 0.494 e. The Balaban J connectivity index is 1.59. The van der Waals surface area contributed by atoms with Crippen molar-refractivity contribution in [3.63, 3.8) is 0 Å². The lowest BCUT2D eigenvalue weighted by molar-refractivity contribution is -0.129. The van der Waals surface area contributed by atoms with Gasteiger partial charge < -0.3 is 29.8 Å². The molecule has 3 amide bonds. The van der Waals surface area contributed by atoms with Crippen LogP contribution < -0.4 is 20.9 Å². The van der Waals surface area contributed by atoms with Gasteiger partial charge in [0.15, 0.2) is 0 Å². The zero-order valence-corrected chi connectivity index (χ0v) is 22.1. The molecule has 1 aliphatic rings. The number of nitrogens with one attached hydrogen (secondary N) is 3. The van der Waals surface area contributed by atoms with E-state index in [0.717, 1.165) is 17.6 Å². The Morgan fingerprint density at radius 1 is 1.18 bits per heavy atom. The molecule has 2 bridgehead atoms. The molecule has 12 nitrogen and oxygen atoms in total. The quantitative estimate of drug-likeness (QED) is 0.456. The molecule has 1 aromatic carbocycles. The first-order chi connectivity index (χ1) is 18.8. The van der Waals surface area contributed by atoms with Crippen molar-refractivity contribution in [2.24, 2.45) is 5.92 Å². The van der Waals surface area contributed by atoms with Crippen molar-refractivity contribution in [1.29, 1.82) is 0 Å². The summed E-state index contributed by atoms with van der Waals surface area (Å²) in [6.45, 7) is 4.96. The van der Waals surface area contributed by atoms with Crippen molar-refractivity contribution in [3.05, 3.63) is 65.1 Å². The second kappa shape index (κ2) is 12.9. The molecule has 3 aromatic rings. The van der Waals surface area contributed by atoms with Crippen LogP contribution in [0.4, 0.5) is 0 Å². The molecule has 0 radical (unpaired) electrons. The standard InChI is InChI=1S/C27H33N7O5/c1-18(2)13-21-26(37)29-8-11-33-10-7-28-25(33)19-5-3-6-20(14-19)39-12-4-9-34(17-24(36)32-21)27(38)22-15-31-23(35)16-30-22/h3,5-7,10,14-16,18,21H,4,8-9,11-13,17H2,1-2H3,(H,29,37)(H,31,35)(H,32,36)/t21-/m1/s1. The number of H-pyrrole nitrogens is 1. The molecule has 0 saturated heterocycles. The number of benzene rings is 1. The molecular weight excluding hydrogens is 502 g/mol. The lowest BCUT2D eigenvalue weighted by Crippen LogP contribution is -2.51. The fourth-order valence-electron chi connectivity index (χ4n) is 4.33. The van der Waals surface area contributed by atoms with E-state index in [4.69, 9.17) is 4.74 Å². The maximum absolute atomic E-state index is 13.2. The summed E-state index contributed by atoms with van der Waals surface area (Å²) in [5.74, 6) is 0.246. The first-order valence-electron chi connectivity index (χ1n) is 13.0. The van der Waals surface area contributed by atoms with E-state index in [2.05, 4.69) is 25.6 Å². The summed E-state index contributed by atoms with van der Waals surface area (Å²) in [6, 6.07) is 6.78. The van der Waals surface area contributed by atoms with Gasteiger partial charge in [0.25, 0.3) is 11.5 Å². The zero-order valence-electron chi connectivity index (χ0n) is 22.1. The van der Waals surface area contributed by atoms with Gasteiger partial charge in [0.1, 0.15) is 23.3 Å². The van der Waals surface area contributed by atoms with Gasteiger partial charge in [0.05, 0.1) is 19.3 Å². The van der Waals surface area contributed by atoms with Crippen molar-refractivity contribution in [1.82, 2.24) is 35.1 Å². The third-order valence-corrected chi connectivity index (χ3v) is 6.17. The Bertz CT molecular complexity index is 1350. The van der Waals surface area contributed by atoms with Crippen molar-refractivity contribution < 1.29 is 19.1 Å². The highest BCUT2D eigenvalue weighted by Gasteiger charge is 2.25. The maximum Gasteiger partial charge on any atom is 0.274 e. The third-order valence-electron chi connectivity index (χ3n) is 6.17. The molecule has 206 valence electrons. The van der Waals surface area contributed by atoms with Crippen LogP contribution in [0.3, 0.4) is 0 Å². The van der Waals surface area contributed by atoms with Crippen molar-refractivity contribution in [3.8, 4) is 17.1 Å². The maximum atomic E-state index is 13.2. The predicted molar refractivity (Wildman–Crippen MR) is 143 cm³/mol. The summed E-state index contributed by atoms with van der Waals surface area (Å²) in [4.78, 5) is 62.8. The minimum absolute atomic E-state index is 0.00476. The third kappa shape index (κ3) is 7.53. The number of fused-ring (bicyclic) bond motifs is 4. The summed E-state index contributed by atoms with van der Waals surface area (Å²) in [7, 11) is 0. The van der Waals surface area contributed by atoms with E-state index in [1.165, 1.54) is 11.1 Å². The smallest absolute Gasteiger partial charge is 0.274 e. The number of imidazole rings is 1. The van der Waals surface area contributed by atoms with Gasteiger partial charge >= 0.3 is 0 Å². The van der Waals surface area contributed by atoms with Gasteiger partial charge in [-0.15, -0.1) is 0 Å². The average Bonchev–Trinajstić information content (AvgIpc) is 3.38. The SMILES string of the molecule is CC(C)C[C@H]1NC(=O)CN(C(=O)c2c[nH]c(=O)cn2)CCCOc2cccc(c2)-c2nccn2CCNC1=O.